The monoisotopic (exact) mass is 511 g/mol. The van der Waals surface area contributed by atoms with Gasteiger partial charge in [-0.1, -0.05) is 54.6 Å². The van der Waals surface area contributed by atoms with Crippen molar-refractivity contribution in [3.63, 3.8) is 0 Å². The van der Waals surface area contributed by atoms with Gasteiger partial charge >= 0.3 is 6.09 Å². The summed E-state index contributed by atoms with van der Waals surface area (Å²) in [5, 5.41) is 9.93. The van der Waals surface area contributed by atoms with E-state index in [1.807, 2.05) is 30.3 Å². The van der Waals surface area contributed by atoms with Gasteiger partial charge in [-0.05, 0) is 47.0 Å². The number of nitriles is 1. The fourth-order valence-electron chi connectivity index (χ4n) is 4.61. The molecule has 0 saturated heterocycles. The molecule has 8 heteroatoms. The van der Waals surface area contributed by atoms with Crippen molar-refractivity contribution in [1.29, 1.82) is 5.26 Å². The summed E-state index contributed by atoms with van der Waals surface area (Å²) in [4.78, 5) is 14.7. The molecule has 0 saturated carbocycles. The lowest BCUT2D eigenvalue weighted by atomic mass is 9.80. The number of carbonyl (C=O) groups is 1. The van der Waals surface area contributed by atoms with Gasteiger partial charge in [0.1, 0.15) is 35.6 Å². The maximum absolute atomic E-state index is 13.7. The number of halogens is 2. The molecular formula is C30H23F2N3O3. The first-order valence-electron chi connectivity index (χ1n) is 11.9. The van der Waals surface area contributed by atoms with Crippen LogP contribution in [-0.2, 0) is 16.1 Å². The van der Waals surface area contributed by atoms with Crippen molar-refractivity contribution in [3.05, 3.63) is 136 Å². The number of carbonyl (C=O) groups excluding carboxylic acids is 1. The fraction of sp³-hybridized carbons (Fsp3) is 0.133. The molecule has 1 unspecified atom stereocenters. The lowest BCUT2D eigenvalue weighted by molar-refractivity contribution is 0.0983. The van der Waals surface area contributed by atoms with Crippen LogP contribution < -0.4 is 5.73 Å². The lowest BCUT2D eigenvalue weighted by Crippen LogP contribution is -2.41. The minimum Gasteiger partial charge on any atom is -0.445 e. The van der Waals surface area contributed by atoms with E-state index >= 15 is 0 Å². The van der Waals surface area contributed by atoms with Gasteiger partial charge in [-0.25, -0.2) is 13.6 Å². The highest BCUT2D eigenvalue weighted by Crippen LogP contribution is 2.44. The molecule has 0 aromatic heterocycles. The number of nitrogens with two attached hydrogens (primary N) is 1. The normalized spacial score (nSPS) is 18.1. The molecular weight excluding hydrogens is 488 g/mol. The van der Waals surface area contributed by atoms with Gasteiger partial charge in [0.15, 0.2) is 0 Å². The SMILES string of the molecule is N#CC1=C(N)OC2=C(CN(C(=O)OCc3ccccc3)CC2=Cc2ccc(F)cc2)C1c1ccc(F)cc1. The predicted molar refractivity (Wildman–Crippen MR) is 137 cm³/mol. The standard InChI is InChI=1S/C30H23F2N3O3/c31-23-10-6-19(7-11-23)14-22-16-35(30(36)37-18-20-4-2-1-3-5-20)17-26-27(21-8-12-24(32)13-9-21)25(15-33)29(34)38-28(22)26/h1-14,27H,16-18,34H2. The van der Waals surface area contributed by atoms with Crippen LogP contribution >= 0.6 is 0 Å². The summed E-state index contributed by atoms with van der Waals surface area (Å²) in [5.74, 6) is -1.10. The van der Waals surface area contributed by atoms with Crippen LogP contribution in [0.5, 0.6) is 0 Å². The maximum atomic E-state index is 13.7. The highest BCUT2D eigenvalue weighted by atomic mass is 19.1. The molecule has 0 aliphatic carbocycles. The summed E-state index contributed by atoms with van der Waals surface area (Å²) in [6.45, 7) is 0.326. The largest absolute Gasteiger partial charge is 0.445 e. The second-order valence-electron chi connectivity index (χ2n) is 8.95. The summed E-state index contributed by atoms with van der Waals surface area (Å²) < 4.78 is 38.8. The van der Waals surface area contributed by atoms with Crippen LogP contribution in [0.3, 0.4) is 0 Å². The molecule has 0 fully saturated rings. The molecule has 0 bridgehead atoms. The number of rotatable bonds is 4. The first-order valence-corrected chi connectivity index (χ1v) is 11.9. The molecule has 1 amide bonds. The summed E-state index contributed by atoms with van der Waals surface area (Å²) >= 11 is 0. The Morgan fingerprint density at radius 3 is 2.34 bits per heavy atom. The van der Waals surface area contributed by atoms with Crippen molar-refractivity contribution in [3.8, 4) is 6.07 Å². The smallest absolute Gasteiger partial charge is 0.410 e. The van der Waals surface area contributed by atoms with Gasteiger partial charge in [0.2, 0.25) is 5.88 Å². The summed E-state index contributed by atoms with van der Waals surface area (Å²) in [7, 11) is 0. The quantitative estimate of drug-likeness (QED) is 0.481. The number of ether oxygens (including phenoxy) is 2. The van der Waals surface area contributed by atoms with E-state index in [1.54, 1.807) is 30.3 Å². The lowest BCUT2D eigenvalue weighted by Gasteiger charge is -2.37. The summed E-state index contributed by atoms with van der Waals surface area (Å²) in [6, 6.07) is 23.1. The molecule has 190 valence electrons. The van der Waals surface area contributed by atoms with Crippen molar-refractivity contribution < 1.29 is 23.0 Å². The first-order chi connectivity index (χ1) is 18.4. The van der Waals surface area contributed by atoms with Gasteiger partial charge in [0.25, 0.3) is 0 Å². The maximum Gasteiger partial charge on any atom is 0.410 e. The summed E-state index contributed by atoms with van der Waals surface area (Å²) in [5.41, 5.74) is 9.70. The minimum absolute atomic E-state index is 0.0642. The van der Waals surface area contributed by atoms with E-state index in [2.05, 4.69) is 6.07 Å². The number of nitrogens with zero attached hydrogens (tertiary/aromatic N) is 2. The average molecular weight is 512 g/mol. The van der Waals surface area contributed by atoms with Crippen LogP contribution in [0.1, 0.15) is 22.6 Å². The van der Waals surface area contributed by atoms with Crippen molar-refractivity contribution in [1.82, 2.24) is 4.90 Å². The Morgan fingerprint density at radius 2 is 1.68 bits per heavy atom. The number of amides is 1. The molecule has 38 heavy (non-hydrogen) atoms. The van der Waals surface area contributed by atoms with E-state index in [9.17, 15) is 18.8 Å². The number of hydrogen-bond donors (Lipinski definition) is 1. The fourth-order valence-corrected chi connectivity index (χ4v) is 4.61. The van der Waals surface area contributed by atoms with Gasteiger partial charge in [-0.2, -0.15) is 5.26 Å². The topological polar surface area (TPSA) is 88.6 Å². The Labute approximate surface area is 218 Å². The van der Waals surface area contributed by atoms with E-state index in [0.29, 0.717) is 28.0 Å². The van der Waals surface area contributed by atoms with Gasteiger partial charge in [-0.3, -0.25) is 4.90 Å². The highest BCUT2D eigenvalue weighted by molar-refractivity contribution is 5.72. The van der Waals surface area contributed by atoms with E-state index in [0.717, 1.165) is 5.56 Å². The van der Waals surface area contributed by atoms with Crippen LogP contribution in [-0.4, -0.2) is 24.1 Å². The molecule has 6 nitrogen and oxygen atoms in total. The van der Waals surface area contributed by atoms with Crippen molar-refractivity contribution in [2.24, 2.45) is 5.73 Å². The third-order valence-electron chi connectivity index (χ3n) is 6.42. The van der Waals surface area contributed by atoms with Gasteiger partial charge < -0.3 is 15.2 Å². The zero-order valence-electron chi connectivity index (χ0n) is 20.2. The Balaban J connectivity index is 1.55. The molecule has 1 atom stereocenters. The molecule has 2 N–H and O–H groups in total. The second-order valence-corrected chi connectivity index (χ2v) is 8.95. The van der Waals surface area contributed by atoms with Crippen LogP contribution in [0, 0.1) is 23.0 Å². The third kappa shape index (κ3) is 5.13. The average Bonchev–Trinajstić information content (AvgIpc) is 2.93. The van der Waals surface area contributed by atoms with Crippen molar-refractivity contribution in [2.75, 3.05) is 13.1 Å². The van der Waals surface area contributed by atoms with Crippen LogP contribution in [0.15, 0.2) is 107 Å². The van der Waals surface area contributed by atoms with E-state index in [4.69, 9.17) is 15.2 Å². The van der Waals surface area contributed by atoms with Crippen LogP contribution in [0.2, 0.25) is 0 Å². The molecule has 0 radical (unpaired) electrons. The van der Waals surface area contributed by atoms with E-state index < -0.39 is 17.8 Å². The highest BCUT2D eigenvalue weighted by Gasteiger charge is 2.39. The molecule has 2 aliphatic heterocycles. The number of allylic oxidation sites excluding steroid dienone is 1. The van der Waals surface area contributed by atoms with E-state index in [1.165, 1.54) is 29.2 Å². The minimum atomic E-state index is -0.661. The molecule has 3 aromatic rings. The van der Waals surface area contributed by atoms with Gasteiger partial charge in [-0.15, -0.1) is 0 Å². The number of benzene rings is 3. The van der Waals surface area contributed by atoms with Crippen molar-refractivity contribution in [2.45, 2.75) is 12.5 Å². The second kappa shape index (κ2) is 10.6. The molecule has 3 aromatic carbocycles. The molecule has 0 spiro atoms. The Hall–Kier alpha value is -4.90. The van der Waals surface area contributed by atoms with Gasteiger partial charge in [0, 0.05) is 11.1 Å². The van der Waals surface area contributed by atoms with Crippen LogP contribution in [0.25, 0.3) is 6.08 Å². The van der Waals surface area contributed by atoms with Crippen LogP contribution in [0.4, 0.5) is 13.6 Å². The van der Waals surface area contributed by atoms with Gasteiger partial charge in [0.05, 0.1) is 19.0 Å². The van der Waals surface area contributed by atoms with Crippen molar-refractivity contribution >= 4 is 12.2 Å². The van der Waals surface area contributed by atoms with E-state index in [-0.39, 0.29) is 37.0 Å². The molecule has 2 aliphatic rings. The Morgan fingerprint density at radius 1 is 1.03 bits per heavy atom. The molecule has 2 heterocycles. The Kier molecular flexibility index (Phi) is 6.92. The number of hydrogen-bond acceptors (Lipinski definition) is 5. The zero-order chi connectivity index (χ0) is 26.6. The predicted octanol–water partition coefficient (Wildman–Crippen LogP) is 5.76. The molecule has 5 rings (SSSR count). The third-order valence-corrected chi connectivity index (χ3v) is 6.42. The first kappa shape index (κ1) is 24.8. The zero-order valence-corrected chi connectivity index (χ0v) is 20.2. The Bertz CT molecular complexity index is 1490. The summed E-state index contributed by atoms with van der Waals surface area (Å²) in [6.07, 6.45) is 1.22.